The number of alkyl carbamates (subject to hydrolysis) is 1. The van der Waals surface area contributed by atoms with Crippen molar-refractivity contribution in [1.29, 1.82) is 0 Å². The number of nitrogens with one attached hydrogen (secondary N) is 1. The number of aliphatic carboxylic acids is 1. The molecule has 1 unspecified atom stereocenters. The number of imidazole rings is 1. The molecule has 1 aromatic carbocycles. The maximum absolute atomic E-state index is 13.9. The van der Waals surface area contributed by atoms with Crippen molar-refractivity contribution in [2.45, 2.75) is 62.5 Å². The summed E-state index contributed by atoms with van der Waals surface area (Å²) in [6.45, 7) is 0.651. The maximum atomic E-state index is 13.9. The molecule has 1 N–H and O–H groups in total. The minimum Gasteiger partial charge on any atom is -0.549 e. The number of carboxylic acids is 1. The van der Waals surface area contributed by atoms with Crippen LogP contribution in [0.5, 0.6) is 0 Å². The van der Waals surface area contributed by atoms with Crippen molar-refractivity contribution in [3.05, 3.63) is 65.6 Å². The number of halogens is 2. The summed E-state index contributed by atoms with van der Waals surface area (Å²) < 4.78 is 40.0. The molecule has 5 rings (SSSR count). The second-order valence-electron chi connectivity index (χ2n) is 10.1. The topological polar surface area (TPSA) is 118 Å². The van der Waals surface area contributed by atoms with Gasteiger partial charge in [-0.15, -0.1) is 0 Å². The largest absolute Gasteiger partial charge is 1.00 e. The second kappa shape index (κ2) is 12.0. The Bertz CT molecular complexity index is 1290. The standard InChI is InChI=1S/C27H30F2N4O5.Li/c28-27(29)8-6-19(7-9-27)23(32-25(36)38-17-18-4-2-1-3-5-18)21-16-33-22(31-21)14-20(15-30-33)26(24(34)35)10-12-37-13-11-26;/h1-5,14-16,19,23H,6-13,17H2,(H,32,36)(H,34,35);/q;+1/p-1. The van der Waals surface area contributed by atoms with Gasteiger partial charge in [-0.05, 0) is 48.8 Å². The van der Waals surface area contributed by atoms with Gasteiger partial charge in [0.15, 0.2) is 5.65 Å². The first-order valence-corrected chi connectivity index (χ1v) is 12.8. The Hall–Kier alpha value is -3.00. The predicted octanol–water partition coefficient (Wildman–Crippen LogP) is 0.324. The van der Waals surface area contributed by atoms with E-state index in [1.54, 1.807) is 12.3 Å². The van der Waals surface area contributed by atoms with Crippen LogP contribution in [0, 0.1) is 5.92 Å². The molecule has 0 radical (unpaired) electrons. The summed E-state index contributed by atoms with van der Waals surface area (Å²) in [5.74, 6) is -4.21. The van der Waals surface area contributed by atoms with Gasteiger partial charge in [-0.2, -0.15) is 5.10 Å². The van der Waals surface area contributed by atoms with Gasteiger partial charge in [-0.1, -0.05) is 30.3 Å². The number of hydrogen-bond acceptors (Lipinski definition) is 7. The normalized spacial score (nSPS) is 19.5. The number of ether oxygens (including phenoxy) is 2. The van der Waals surface area contributed by atoms with Crippen LogP contribution in [0.25, 0.3) is 5.65 Å². The summed E-state index contributed by atoms with van der Waals surface area (Å²) in [5, 5.41) is 19.3. The minimum atomic E-state index is -2.73. The summed E-state index contributed by atoms with van der Waals surface area (Å²) >= 11 is 0. The molecule has 2 fully saturated rings. The van der Waals surface area contributed by atoms with Gasteiger partial charge in [-0.25, -0.2) is 23.1 Å². The number of aromatic nitrogens is 3. The molecule has 1 amide bonds. The van der Waals surface area contributed by atoms with Gasteiger partial charge in [0.1, 0.15) is 6.61 Å². The molecule has 39 heavy (non-hydrogen) atoms. The monoisotopic (exact) mass is 534 g/mol. The van der Waals surface area contributed by atoms with E-state index in [4.69, 9.17) is 9.47 Å². The van der Waals surface area contributed by atoms with Crippen LogP contribution in [-0.4, -0.2) is 45.8 Å². The third-order valence-corrected chi connectivity index (χ3v) is 7.67. The molecule has 1 saturated heterocycles. The third kappa shape index (κ3) is 6.43. The summed E-state index contributed by atoms with van der Waals surface area (Å²) in [6.07, 6.45) is 2.81. The van der Waals surface area contributed by atoms with Crippen molar-refractivity contribution in [2.24, 2.45) is 5.92 Å². The number of amides is 1. The van der Waals surface area contributed by atoms with E-state index >= 15 is 0 Å². The smallest absolute Gasteiger partial charge is 0.549 e. The SMILES string of the molecule is O=C(NC(c1cn2ncc(C3(C(=O)[O-])CCOCC3)cc2n1)C1CCC(F)(F)CC1)OCc1ccccc1.[Li+]. The average Bonchev–Trinajstić information content (AvgIpc) is 3.35. The summed E-state index contributed by atoms with van der Waals surface area (Å²) in [4.78, 5) is 29.5. The summed E-state index contributed by atoms with van der Waals surface area (Å²) in [5.41, 5.74) is 0.879. The molecule has 2 aromatic heterocycles. The van der Waals surface area contributed by atoms with E-state index in [0.717, 1.165) is 5.56 Å². The van der Waals surface area contributed by atoms with Crippen molar-refractivity contribution in [2.75, 3.05) is 13.2 Å². The van der Waals surface area contributed by atoms with E-state index in [0.29, 0.717) is 30.1 Å². The molecule has 3 aromatic rings. The predicted molar refractivity (Wildman–Crippen MR) is 129 cm³/mol. The van der Waals surface area contributed by atoms with Gasteiger partial charge < -0.3 is 24.7 Å². The average molecular weight is 534 g/mol. The maximum Gasteiger partial charge on any atom is 1.00 e. The molecular formula is C27H29F2LiN4O5. The number of carbonyl (C=O) groups excluding carboxylic acids is 2. The molecule has 202 valence electrons. The number of rotatable bonds is 7. The number of carbonyl (C=O) groups is 2. The van der Waals surface area contributed by atoms with E-state index in [2.05, 4.69) is 15.4 Å². The quantitative estimate of drug-likeness (QED) is 0.434. The van der Waals surface area contributed by atoms with Gasteiger partial charge in [0.2, 0.25) is 5.92 Å². The van der Waals surface area contributed by atoms with E-state index in [-0.39, 0.29) is 69.9 Å². The Kier molecular flexibility index (Phi) is 8.94. The zero-order valence-electron chi connectivity index (χ0n) is 21.8. The van der Waals surface area contributed by atoms with Crippen LogP contribution in [0.1, 0.15) is 61.4 Å². The third-order valence-electron chi connectivity index (χ3n) is 7.67. The number of carboxylic acid groups (broad SMARTS) is 1. The van der Waals surface area contributed by atoms with Crippen LogP contribution in [0.3, 0.4) is 0 Å². The second-order valence-corrected chi connectivity index (χ2v) is 10.1. The fourth-order valence-electron chi connectivity index (χ4n) is 5.36. The number of alkyl halides is 2. The summed E-state index contributed by atoms with van der Waals surface area (Å²) in [7, 11) is 0. The van der Waals surface area contributed by atoms with E-state index in [9.17, 15) is 23.5 Å². The van der Waals surface area contributed by atoms with E-state index < -0.39 is 29.4 Å². The zero-order chi connectivity index (χ0) is 26.8. The van der Waals surface area contributed by atoms with Crippen molar-refractivity contribution in [1.82, 2.24) is 19.9 Å². The number of fused-ring (bicyclic) bond motifs is 1. The fourth-order valence-corrected chi connectivity index (χ4v) is 5.36. The van der Waals surface area contributed by atoms with Gasteiger partial charge in [0.25, 0.3) is 0 Å². The molecule has 3 heterocycles. The first-order valence-electron chi connectivity index (χ1n) is 12.8. The molecule has 0 spiro atoms. The molecular weight excluding hydrogens is 505 g/mol. The first-order chi connectivity index (χ1) is 18.3. The van der Waals surface area contributed by atoms with Crippen LogP contribution in [0.15, 0.2) is 48.8 Å². The van der Waals surface area contributed by atoms with Crippen molar-refractivity contribution in [3.63, 3.8) is 0 Å². The molecule has 1 aliphatic heterocycles. The summed E-state index contributed by atoms with van der Waals surface area (Å²) in [6, 6.07) is 10.2. The Morgan fingerprint density at radius 3 is 2.51 bits per heavy atom. The molecule has 0 bridgehead atoms. The van der Waals surface area contributed by atoms with E-state index in [1.807, 2.05) is 30.3 Å². The molecule has 12 heteroatoms. The van der Waals surface area contributed by atoms with Crippen molar-refractivity contribution in [3.8, 4) is 0 Å². The number of hydrogen-bond donors (Lipinski definition) is 1. The molecule has 1 aliphatic carbocycles. The number of benzene rings is 1. The molecule has 1 saturated carbocycles. The molecule has 1 atom stereocenters. The van der Waals surface area contributed by atoms with Crippen LogP contribution in [0.4, 0.5) is 13.6 Å². The van der Waals surface area contributed by atoms with Crippen LogP contribution in [0.2, 0.25) is 0 Å². The van der Waals surface area contributed by atoms with Crippen molar-refractivity contribution >= 4 is 17.7 Å². The minimum absolute atomic E-state index is 0. The van der Waals surface area contributed by atoms with Crippen LogP contribution < -0.4 is 29.3 Å². The van der Waals surface area contributed by atoms with Gasteiger partial charge in [0.05, 0.1) is 30.1 Å². The van der Waals surface area contributed by atoms with Gasteiger partial charge >= 0.3 is 25.0 Å². The van der Waals surface area contributed by atoms with Crippen LogP contribution >= 0.6 is 0 Å². The van der Waals surface area contributed by atoms with Crippen molar-refractivity contribution < 1.29 is 51.8 Å². The van der Waals surface area contributed by atoms with Gasteiger partial charge in [0, 0.05) is 31.5 Å². The Balaban J connectivity index is 0.00000353. The molecule has 9 nitrogen and oxygen atoms in total. The van der Waals surface area contributed by atoms with E-state index in [1.165, 1.54) is 10.7 Å². The Labute approximate surface area is 236 Å². The number of nitrogens with zero attached hydrogens (tertiary/aromatic N) is 3. The first kappa shape index (κ1) is 29.0. The van der Waals surface area contributed by atoms with Gasteiger partial charge in [-0.3, -0.25) is 0 Å². The Morgan fingerprint density at radius 1 is 1.15 bits per heavy atom. The van der Waals surface area contributed by atoms with Crippen LogP contribution in [-0.2, 0) is 26.3 Å². The fraction of sp³-hybridized carbons (Fsp3) is 0.481. The Morgan fingerprint density at radius 2 is 1.85 bits per heavy atom. The molecule has 2 aliphatic rings. The zero-order valence-corrected chi connectivity index (χ0v) is 21.8.